The summed E-state index contributed by atoms with van der Waals surface area (Å²) in [5.41, 5.74) is 1.30. The summed E-state index contributed by atoms with van der Waals surface area (Å²) in [4.78, 5) is 58.8. The highest BCUT2D eigenvalue weighted by atomic mass is 35.5. The van der Waals surface area contributed by atoms with Crippen LogP contribution >= 0.6 is 11.6 Å². The molecule has 0 aromatic heterocycles. The van der Waals surface area contributed by atoms with Gasteiger partial charge >= 0.3 is 5.97 Å². The number of benzene rings is 1. The Hall–Kier alpha value is -3.14. The molecule has 0 bridgehead atoms. The molecule has 1 unspecified atom stereocenters. The number of rotatable bonds is 14. The number of hydrogen-bond donors (Lipinski definition) is 4. The summed E-state index contributed by atoms with van der Waals surface area (Å²) in [5.74, 6) is -2.08. The third kappa shape index (κ3) is 15.0. The lowest BCUT2D eigenvalue weighted by Gasteiger charge is -2.21. The predicted molar refractivity (Wildman–Crippen MR) is 139 cm³/mol. The van der Waals surface area contributed by atoms with Crippen LogP contribution in [0.25, 0.3) is 0 Å². The van der Waals surface area contributed by atoms with Gasteiger partial charge in [-0.3, -0.25) is 24.0 Å². The van der Waals surface area contributed by atoms with Gasteiger partial charge in [-0.15, -0.1) is 11.6 Å². The van der Waals surface area contributed by atoms with Crippen molar-refractivity contribution < 1.29 is 28.7 Å². The van der Waals surface area contributed by atoms with Crippen molar-refractivity contribution in [1.29, 1.82) is 0 Å². The van der Waals surface area contributed by atoms with Crippen LogP contribution in [-0.2, 0) is 35.3 Å². The number of alkyl halides is 1. The second-order valence-corrected chi connectivity index (χ2v) is 8.24. The highest BCUT2D eigenvalue weighted by Gasteiger charge is 2.24. The number of unbranched alkanes of at least 4 members (excludes halogenated alkanes) is 1. The third-order valence-electron chi connectivity index (χ3n) is 4.64. The minimum atomic E-state index is -0.781. The Labute approximate surface area is 218 Å². The molecule has 0 aliphatic heterocycles. The molecule has 4 N–H and O–H groups in total. The highest BCUT2D eigenvalue weighted by Crippen LogP contribution is 2.10. The summed E-state index contributed by atoms with van der Waals surface area (Å²) in [6.45, 7) is 9.23. The van der Waals surface area contributed by atoms with E-state index in [2.05, 4.69) is 21.3 Å². The Morgan fingerprint density at radius 2 is 1.56 bits per heavy atom. The molecule has 202 valence electrons. The number of carbonyl (C=O) groups excluding carboxylic acids is 5. The standard InChI is InChI=1S/C23H33ClN4O6.C2H6/c1-15(2)22(28-19(30)6-4-5-11-25-20(31)12-24)23(33)26-13-21(32)27-18-9-7-17(8-10-18)14-34-16(3)29;1-2/h7-10,15,22H,4-6,11-14H2,1-3H3,(H,25,31)(H,26,33)(H,27,32)(H,28,30);1-2H3. The van der Waals surface area contributed by atoms with E-state index in [0.29, 0.717) is 25.1 Å². The summed E-state index contributed by atoms with van der Waals surface area (Å²) in [7, 11) is 0. The zero-order valence-corrected chi connectivity index (χ0v) is 22.5. The summed E-state index contributed by atoms with van der Waals surface area (Å²) in [6, 6.07) is 5.98. The van der Waals surface area contributed by atoms with E-state index in [4.69, 9.17) is 16.3 Å². The number of hydrogen-bond acceptors (Lipinski definition) is 6. The van der Waals surface area contributed by atoms with Gasteiger partial charge in [-0.25, -0.2) is 0 Å². The van der Waals surface area contributed by atoms with E-state index in [-0.39, 0.29) is 49.2 Å². The van der Waals surface area contributed by atoms with Crippen LogP contribution in [0.3, 0.4) is 0 Å². The van der Waals surface area contributed by atoms with E-state index in [1.165, 1.54) is 6.92 Å². The Bertz CT molecular complexity index is 845. The maximum Gasteiger partial charge on any atom is 0.302 e. The van der Waals surface area contributed by atoms with Crippen LogP contribution in [-0.4, -0.2) is 54.6 Å². The summed E-state index contributed by atoms with van der Waals surface area (Å²) < 4.78 is 4.90. The van der Waals surface area contributed by atoms with Crippen molar-refractivity contribution in [2.75, 3.05) is 24.3 Å². The predicted octanol–water partition coefficient (Wildman–Crippen LogP) is 2.50. The topological polar surface area (TPSA) is 143 Å². The minimum absolute atomic E-state index is 0.104. The van der Waals surface area contributed by atoms with Crippen molar-refractivity contribution in [2.45, 2.75) is 66.5 Å². The smallest absolute Gasteiger partial charge is 0.302 e. The van der Waals surface area contributed by atoms with Crippen molar-refractivity contribution >= 4 is 46.9 Å². The van der Waals surface area contributed by atoms with Crippen LogP contribution in [0, 0.1) is 5.92 Å². The zero-order valence-electron chi connectivity index (χ0n) is 21.7. The van der Waals surface area contributed by atoms with E-state index in [0.717, 1.165) is 5.56 Å². The van der Waals surface area contributed by atoms with Gasteiger partial charge in [-0.1, -0.05) is 39.8 Å². The number of nitrogens with one attached hydrogen (secondary N) is 4. The Morgan fingerprint density at radius 3 is 2.11 bits per heavy atom. The van der Waals surface area contributed by atoms with Crippen molar-refractivity contribution in [2.24, 2.45) is 5.92 Å². The van der Waals surface area contributed by atoms with Crippen LogP contribution in [0.15, 0.2) is 24.3 Å². The average Bonchev–Trinajstić information content (AvgIpc) is 2.86. The quantitative estimate of drug-likeness (QED) is 0.167. The number of amides is 4. The van der Waals surface area contributed by atoms with Gasteiger partial charge < -0.3 is 26.0 Å². The minimum Gasteiger partial charge on any atom is -0.461 e. The lowest BCUT2D eigenvalue weighted by Crippen LogP contribution is -2.51. The number of carbonyl (C=O) groups is 5. The lowest BCUT2D eigenvalue weighted by atomic mass is 10.0. The molecule has 1 rings (SSSR count). The van der Waals surface area contributed by atoms with E-state index >= 15 is 0 Å². The van der Waals surface area contributed by atoms with Crippen LogP contribution < -0.4 is 21.3 Å². The third-order valence-corrected chi connectivity index (χ3v) is 4.89. The number of esters is 1. The first-order chi connectivity index (χ1) is 17.1. The van der Waals surface area contributed by atoms with Gasteiger partial charge in [0, 0.05) is 25.6 Å². The van der Waals surface area contributed by atoms with E-state index < -0.39 is 17.9 Å². The molecule has 0 fully saturated rings. The molecule has 10 nitrogen and oxygen atoms in total. The summed E-state index contributed by atoms with van der Waals surface area (Å²) in [5, 5.41) is 10.5. The fraction of sp³-hybridized carbons (Fsp3) is 0.560. The first-order valence-electron chi connectivity index (χ1n) is 12.0. The molecule has 36 heavy (non-hydrogen) atoms. The molecular weight excluding hydrogens is 488 g/mol. The van der Waals surface area contributed by atoms with Gasteiger partial charge in [0.15, 0.2) is 0 Å². The fourth-order valence-electron chi connectivity index (χ4n) is 2.82. The Balaban J connectivity index is 0.00000596. The molecule has 0 saturated carbocycles. The molecule has 11 heteroatoms. The molecule has 0 heterocycles. The van der Waals surface area contributed by atoms with Gasteiger partial charge in [-0.05, 0) is 36.5 Å². The molecule has 4 amide bonds. The van der Waals surface area contributed by atoms with Crippen molar-refractivity contribution in [3.63, 3.8) is 0 Å². The molecule has 1 atom stereocenters. The maximum atomic E-state index is 12.5. The summed E-state index contributed by atoms with van der Waals surface area (Å²) in [6.07, 6.45) is 1.36. The number of halogens is 1. The average molecular weight is 527 g/mol. The van der Waals surface area contributed by atoms with Gasteiger partial charge in [0.05, 0.1) is 6.54 Å². The highest BCUT2D eigenvalue weighted by molar-refractivity contribution is 6.27. The Morgan fingerprint density at radius 1 is 0.917 bits per heavy atom. The molecule has 0 saturated heterocycles. The molecule has 1 aromatic carbocycles. The normalized spacial score (nSPS) is 10.9. The molecule has 0 spiro atoms. The first-order valence-corrected chi connectivity index (χ1v) is 12.6. The SMILES string of the molecule is CC.CC(=O)OCc1ccc(NC(=O)CNC(=O)C(NC(=O)CCCCNC(=O)CCl)C(C)C)cc1. The van der Waals surface area contributed by atoms with Gasteiger partial charge in [-0.2, -0.15) is 0 Å². The van der Waals surface area contributed by atoms with Crippen LogP contribution in [0.5, 0.6) is 0 Å². The maximum absolute atomic E-state index is 12.5. The monoisotopic (exact) mass is 526 g/mol. The van der Waals surface area contributed by atoms with E-state index in [9.17, 15) is 24.0 Å². The molecule has 0 radical (unpaired) electrons. The number of ether oxygens (including phenoxy) is 1. The van der Waals surface area contributed by atoms with E-state index in [1.807, 2.05) is 13.8 Å². The second-order valence-electron chi connectivity index (χ2n) is 7.97. The fourth-order valence-corrected chi connectivity index (χ4v) is 2.91. The zero-order chi connectivity index (χ0) is 27.5. The van der Waals surface area contributed by atoms with Gasteiger partial charge in [0.1, 0.15) is 18.5 Å². The first kappa shape index (κ1) is 32.9. The Kier molecular flexibility index (Phi) is 17.4. The summed E-state index contributed by atoms with van der Waals surface area (Å²) >= 11 is 5.39. The number of anilines is 1. The lowest BCUT2D eigenvalue weighted by molar-refractivity contribution is -0.142. The van der Waals surface area contributed by atoms with Crippen LogP contribution in [0.4, 0.5) is 5.69 Å². The van der Waals surface area contributed by atoms with Crippen molar-refractivity contribution in [3.05, 3.63) is 29.8 Å². The van der Waals surface area contributed by atoms with Crippen LogP contribution in [0.1, 0.15) is 59.4 Å². The molecule has 0 aliphatic carbocycles. The van der Waals surface area contributed by atoms with Gasteiger partial charge in [0.2, 0.25) is 23.6 Å². The second kappa shape index (κ2) is 19.1. The van der Waals surface area contributed by atoms with Gasteiger partial charge in [0.25, 0.3) is 0 Å². The van der Waals surface area contributed by atoms with Crippen molar-refractivity contribution in [3.8, 4) is 0 Å². The molecule has 1 aromatic rings. The van der Waals surface area contributed by atoms with E-state index in [1.54, 1.807) is 38.1 Å². The molecular formula is C25H39ClN4O6. The van der Waals surface area contributed by atoms with Crippen molar-refractivity contribution in [1.82, 2.24) is 16.0 Å². The molecule has 0 aliphatic rings. The van der Waals surface area contributed by atoms with Crippen LogP contribution in [0.2, 0.25) is 0 Å². The largest absolute Gasteiger partial charge is 0.461 e.